The van der Waals surface area contributed by atoms with Crippen molar-refractivity contribution in [1.82, 2.24) is 0 Å². The minimum Gasteiger partial charge on any atom is -0.207 e. The van der Waals surface area contributed by atoms with Gasteiger partial charge in [0.1, 0.15) is 0 Å². The maximum absolute atomic E-state index is 11.4. The first-order valence-electron chi connectivity index (χ1n) is 5.92. The summed E-state index contributed by atoms with van der Waals surface area (Å²) in [6, 6.07) is 11.0. The van der Waals surface area contributed by atoms with E-state index < -0.39 is 9.05 Å². The zero-order chi connectivity index (χ0) is 14.2. The Morgan fingerprint density at radius 1 is 0.895 bits per heavy atom. The minimum atomic E-state index is -3.70. The van der Waals surface area contributed by atoms with Crippen molar-refractivity contribution in [3.8, 4) is 11.1 Å². The maximum atomic E-state index is 11.4. The van der Waals surface area contributed by atoms with Gasteiger partial charge in [-0.05, 0) is 60.7 Å². The molecule has 2 aromatic carbocycles. The highest BCUT2D eigenvalue weighted by molar-refractivity contribution is 8.13. The predicted octanol–water partition coefficient (Wildman–Crippen LogP) is 4.21. The average molecular weight is 295 g/mol. The fraction of sp³-hybridized carbons (Fsp3) is 0.200. The van der Waals surface area contributed by atoms with Crippen LogP contribution in [0.3, 0.4) is 0 Å². The topological polar surface area (TPSA) is 34.1 Å². The molecule has 0 amide bonds. The van der Waals surface area contributed by atoms with E-state index in [1.54, 1.807) is 12.1 Å². The van der Waals surface area contributed by atoms with E-state index in [1.165, 1.54) is 11.6 Å². The van der Waals surface area contributed by atoms with Crippen molar-refractivity contribution in [3.05, 3.63) is 53.1 Å². The van der Waals surface area contributed by atoms with Gasteiger partial charge in [0, 0.05) is 10.7 Å². The van der Waals surface area contributed by atoms with Gasteiger partial charge in [-0.3, -0.25) is 0 Å². The van der Waals surface area contributed by atoms with Crippen LogP contribution in [0.15, 0.2) is 41.3 Å². The molecule has 0 aromatic heterocycles. The van der Waals surface area contributed by atoms with E-state index in [0.717, 1.165) is 22.3 Å². The molecule has 19 heavy (non-hydrogen) atoms. The van der Waals surface area contributed by atoms with E-state index in [9.17, 15) is 8.42 Å². The number of hydrogen-bond donors (Lipinski definition) is 0. The third kappa shape index (κ3) is 2.82. The van der Waals surface area contributed by atoms with Crippen molar-refractivity contribution in [2.24, 2.45) is 0 Å². The second-order valence-corrected chi connectivity index (χ2v) is 7.23. The van der Waals surface area contributed by atoms with Crippen molar-refractivity contribution in [2.45, 2.75) is 25.7 Å². The van der Waals surface area contributed by atoms with Crippen LogP contribution in [-0.2, 0) is 9.05 Å². The smallest absolute Gasteiger partial charge is 0.207 e. The molecule has 0 N–H and O–H groups in total. The maximum Gasteiger partial charge on any atom is 0.261 e. The van der Waals surface area contributed by atoms with E-state index >= 15 is 0 Å². The summed E-state index contributed by atoms with van der Waals surface area (Å²) in [4.78, 5) is 0.135. The quantitative estimate of drug-likeness (QED) is 0.778. The number of rotatable bonds is 2. The molecule has 100 valence electrons. The Kier molecular flexibility index (Phi) is 3.70. The van der Waals surface area contributed by atoms with E-state index in [1.807, 2.05) is 39.0 Å². The molecule has 0 heterocycles. The highest BCUT2D eigenvalue weighted by atomic mass is 35.7. The van der Waals surface area contributed by atoms with Gasteiger partial charge < -0.3 is 0 Å². The lowest BCUT2D eigenvalue weighted by atomic mass is 9.94. The molecule has 0 radical (unpaired) electrons. The van der Waals surface area contributed by atoms with Gasteiger partial charge in [-0.15, -0.1) is 0 Å². The highest BCUT2D eigenvalue weighted by Gasteiger charge is 2.14. The van der Waals surface area contributed by atoms with Gasteiger partial charge in [-0.25, -0.2) is 8.42 Å². The normalized spacial score (nSPS) is 11.6. The summed E-state index contributed by atoms with van der Waals surface area (Å²) >= 11 is 0. The van der Waals surface area contributed by atoms with Gasteiger partial charge in [-0.1, -0.05) is 24.3 Å². The largest absolute Gasteiger partial charge is 0.261 e. The van der Waals surface area contributed by atoms with Crippen molar-refractivity contribution in [2.75, 3.05) is 0 Å². The van der Waals surface area contributed by atoms with Gasteiger partial charge in [0.25, 0.3) is 9.05 Å². The summed E-state index contributed by atoms with van der Waals surface area (Å²) in [6.45, 7) is 6.03. The van der Waals surface area contributed by atoms with Crippen LogP contribution in [0.1, 0.15) is 16.7 Å². The summed E-state index contributed by atoms with van der Waals surface area (Å²) in [5.41, 5.74) is 5.30. The van der Waals surface area contributed by atoms with Gasteiger partial charge in [-0.2, -0.15) is 0 Å². The molecule has 0 bridgehead atoms. The summed E-state index contributed by atoms with van der Waals surface area (Å²) in [7, 11) is 1.71. The van der Waals surface area contributed by atoms with Gasteiger partial charge >= 0.3 is 0 Å². The minimum absolute atomic E-state index is 0.135. The van der Waals surface area contributed by atoms with Crippen molar-refractivity contribution >= 4 is 19.7 Å². The molecule has 2 rings (SSSR count). The van der Waals surface area contributed by atoms with Gasteiger partial charge in [0.05, 0.1) is 4.90 Å². The molecule has 0 saturated heterocycles. The lowest BCUT2D eigenvalue weighted by Crippen LogP contribution is -1.95. The lowest BCUT2D eigenvalue weighted by Gasteiger charge is -2.12. The molecular weight excluding hydrogens is 280 g/mol. The van der Waals surface area contributed by atoms with Crippen LogP contribution < -0.4 is 0 Å². The first-order chi connectivity index (χ1) is 8.80. The van der Waals surface area contributed by atoms with Crippen LogP contribution in [0.25, 0.3) is 11.1 Å². The molecule has 2 nitrogen and oxygen atoms in total. The van der Waals surface area contributed by atoms with Crippen molar-refractivity contribution < 1.29 is 8.42 Å². The molecule has 4 heteroatoms. The van der Waals surface area contributed by atoms with Crippen LogP contribution >= 0.6 is 10.7 Å². The molecule has 0 atom stereocenters. The van der Waals surface area contributed by atoms with Crippen LogP contribution in [0.5, 0.6) is 0 Å². The first-order valence-corrected chi connectivity index (χ1v) is 8.23. The molecular formula is C15H15ClO2S. The Morgan fingerprint density at radius 2 is 1.58 bits per heavy atom. The van der Waals surface area contributed by atoms with E-state index in [0.29, 0.717) is 0 Å². The van der Waals surface area contributed by atoms with Crippen molar-refractivity contribution in [1.29, 1.82) is 0 Å². The average Bonchev–Trinajstić information content (AvgIpc) is 2.32. The molecule has 0 fully saturated rings. The zero-order valence-electron chi connectivity index (χ0n) is 11.1. The molecule has 0 aliphatic rings. The third-order valence-electron chi connectivity index (χ3n) is 3.39. The van der Waals surface area contributed by atoms with E-state index in [-0.39, 0.29) is 4.90 Å². The Labute approximate surface area is 118 Å². The van der Waals surface area contributed by atoms with E-state index in [4.69, 9.17) is 10.7 Å². The predicted molar refractivity (Wildman–Crippen MR) is 79.1 cm³/mol. The molecule has 0 unspecified atom stereocenters. The summed E-state index contributed by atoms with van der Waals surface area (Å²) in [6.07, 6.45) is 0. The number of halogens is 1. The monoisotopic (exact) mass is 294 g/mol. The first kappa shape index (κ1) is 14.1. The Balaban J connectivity index is 2.72. The second kappa shape index (κ2) is 4.99. The van der Waals surface area contributed by atoms with Crippen LogP contribution in [-0.4, -0.2) is 8.42 Å². The Bertz CT molecular complexity index is 734. The SMILES string of the molecule is Cc1ccc(S(=O)(=O)Cl)cc1-c1cccc(C)c1C. The zero-order valence-corrected chi connectivity index (χ0v) is 12.6. The van der Waals surface area contributed by atoms with Gasteiger partial charge in [0.2, 0.25) is 0 Å². The van der Waals surface area contributed by atoms with Crippen molar-refractivity contribution in [3.63, 3.8) is 0 Å². The summed E-state index contributed by atoms with van der Waals surface area (Å²) in [5.74, 6) is 0. The molecule has 2 aromatic rings. The Hall–Kier alpha value is -1.32. The summed E-state index contributed by atoms with van der Waals surface area (Å²) in [5, 5.41) is 0. The molecule has 0 spiro atoms. The molecule has 0 aliphatic carbocycles. The number of aryl methyl sites for hydroxylation is 2. The number of benzene rings is 2. The second-order valence-electron chi connectivity index (χ2n) is 4.66. The van der Waals surface area contributed by atoms with Crippen LogP contribution in [0, 0.1) is 20.8 Å². The number of hydrogen-bond acceptors (Lipinski definition) is 2. The summed E-state index contributed by atoms with van der Waals surface area (Å²) < 4.78 is 22.9. The fourth-order valence-corrected chi connectivity index (χ4v) is 2.86. The fourth-order valence-electron chi connectivity index (χ4n) is 2.09. The molecule has 0 aliphatic heterocycles. The lowest BCUT2D eigenvalue weighted by molar-refractivity contribution is 0.609. The van der Waals surface area contributed by atoms with Gasteiger partial charge in [0.15, 0.2) is 0 Å². The molecule has 0 saturated carbocycles. The Morgan fingerprint density at radius 3 is 2.21 bits per heavy atom. The van der Waals surface area contributed by atoms with Crippen LogP contribution in [0.2, 0.25) is 0 Å². The standard InChI is InChI=1S/C15H15ClO2S/c1-10-5-4-6-14(12(10)3)15-9-13(19(16,17)18)8-7-11(15)2/h4-9H,1-3H3. The third-order valence-corrected chi connectivity index (χ3v) is 4.74. The van der Waals surface area contributed by atoms with Crippen LogP contribution in [0.4, 0.5) is 0 Å². The van der Waals surface area contributed by atoms with E-state index in [2.05, 4.69) is 0 Å². The highest BCUT2D eigenvalue weighted by Crippen LogP contribution is 2.31.